The summed E-state index contributed by atoms with van der Waals surface area (Å²) in [4.78, 5) is 0.0818. The van der Waals surface area contributed by atoms with E-state index in [9.17, 15) is 16.8 Å². The lowest BCUT2D eigenvalue weighted by Crippen LogP contribution is -2.43. The predicted octanol–water partition coefficient (Wildman–Crippen LogP) is -0.0475. The van der Waals surface area contributed by atoms with Gasteiger partial charge >= 0.3 is 0 Å². The van der Waals surface area contributed by atoms with Crippen LogP contribution in [0.15, 0.2) is 34.1 Å². The molecule has 0 aliphatic heterocycles. The monoisotopic (exact) mass is 347 g/mol. The number of likely N-dealkylation sites (N-methyl/N-ethyl adjacent to an activating group) is 1. The van der Waals surface area contributed by atoms with Crippen LogP contribution < -0.4 is 10.5 Å². The maximum absolute atomic E-state index is 12.6. The first-order valence-electron chi connectivity index (χ1n) is 6.95. The van der Waals surface area contributed by atoms with Crippen LogP contribution in [0.25, 0.3) is 0 Å². The van der Waals surface area contributed by atoms with Gasteiger partial charge in [-0.05, 0) is 50.1 Å². The molecule has 2 rings (SSSR count). The van der Waals surface area contributed by atoms with Crippen molar-refractivity contribution in [1.29, 1.82) is 0 Å². The van der Waals surface area contributed by atoms with Crippen molar-refractivity contribution < 1.29 is 16.8 Å². The van der Waals surface area contributed by atoms with E-state index in [-0.39, 0.29) is 22.4 Å². The summed E-state index contributed by atoms with van der Waals surface area (Å²) in [5.41, 5.74) is 5.69. The van der Waals surface area contributed by atoms with Gasteiger partial charge in [0.15, 0.2) is 0 Å². The predicted molar refractivity (Wildman–Crippen MR) is 83.2 cm³/mol. The molecule has 1 aliphatic carbocycles. The highest BCUT2D eigenvalue weighted by molar-refractivity contribution is 7.89. The molecule has 0 saturated heterocycles. The molecule has 0 radical (unpaired) electrons. The molecule has 1 saturated carbocycles. The van der Waals surface area contributed by atoms with Gasteiger partial charge in [0.2, 0.25) is 20.0 Å². The first kappa shape index (κ1) is 17.4. The topological polar surface area (TPSA) is 110 Å². The largest absolute Gasteiger partial charge is 0.329 e. The van der Waals surface area contributed by atoms with E-state index in [0.717, 1.165) is 12.8 Å². The number of nitrogens with two attached hydrogens (primary N) is 1. The summed E-state index contributed by atoms with van der Waals surface area (Å²) in [7, 11) is -4.45. The van der Waals surface area contributed by atoms with Crippen LogP contribution in [0.2, 0.25) is 0 Å². The lowest BCUT2D eigenvalue weighted by molar-refractivity contribution is 0.340. The Hall–Kier alpha value is -1.00. The van der Waals surface area contributed by atoms with E-state index in [2.05, 4.69) is 4.72 Å². The number of nitrogens with zero attached hydrogens (tertiary/aromatic N) is 1. The summed E-state index contributed by atoms with van der Waals surface area (Å²) in [6.45, 7) is 0.270. The Morgan fingerprint density at radius 1 is 1.18 bits per heavy atom. The molecule has 1 atom stereocenters. The Morgan fingerprint density at radius 3 is 2.09 bits per heavy atom. The minimum atomic E-state index is -3.69. The second-order valence-corrected chi connectivity index (χ2v) is 9.22. The summed E-state index contributed by atoms with van der Waals surface area (Å²) in [5, 5.41) is 0. The fourth-order valence-corrected chi connectivity index (χ4v) is 4.53. The number of benzene rings is 1. The second kappa shape index (κ2) is 6.25. The van der Waals surface area contributed by atoms with Crippen molar-refractivity contribution in [2.45, 2.75) is 28.7 Å². The van der Waals surface area contributed by atoms with Gasteiger partial charge in [-0.15, -0.1) is 0 Å². The van der Waals surface area contributed by atoms with Crippen molar-refractivity contribution in [2.24, 2.45) is 11.7 Å². The highest BCUT2D eigenvalue weighted by atomic mass is 32.2. The fourth-order valence-electron chi connectivity index (χ4n) is 2.37. The number of hydrogen-bond donors (Lipinski definition) is 2. The van der Waals surface area contributed by atoms with Crippen LogP contribution in [0.3, 0.4) is 0 Å². The maximum atomic E-state index is 12.6. The Morgan fingerprint density at radius 2 is 1.68 bits per heavy atom. The van der Waals surface area contributed by atoms with Crippen molar-refractivity contribution >= 4 is 20.0 Å². The van der Waals surface area contributed by atoms with Gasteiger partial charge in [-0.2, -0.15) is 4.31 Å². The maximum Gasteiger partial charge on any atom is 0.243 e. The van der Waals surface area contributed by atoms with E-state index in [0.29, 0.717) is 5.92 Å². The van der Waals surface area contributed by atoms with Crippen LogP contribution >= 0.6 is 0 Å². The molecule has 1 unspecified atom stereocenters. The summed E-state index contributed by atoms with van der Waals surface area (Å²) in [6, 6.07) is 4.95. The van der Waals surface area contributed by atoms with Crippen molar-refractivity contribution in [3.05, 3.63) is 24.3 Å². The molecule has 1 aromatic rings. The van der Waals surface area contributed by atoms with Gasteiger partial charge in [0.1, 0.15) is 0 Å². The fraction of sp³-hybridized carbons (Fsp3) is 0.538. The van der Waals surface area contributed by atoms with Crippen molar-refractivity contribution in [2.75, 3.05) is 20.6 Å². The molecular weight excluding hydrogens is 326 g/mol. The van der Waals surface area contributed by atoms with Crippen molar-refractivity contribution in [3.8, 4) is 0 Å². The molecule has 0 spiro atoms. The van der Waals surface area contributed by atoms with Gasteiger partial charge in [0, 0.05) is 19.6 Å². The minimum absolute atomic E-state index is 0.0224. The lowest BCUT2D eigenvalue weighted by Gasteiger charge is -2.26. The van der Waals surface area contributed by atoms with Crippen LogP contribution in [0.5, 0.6) is 0 Å². The Labute approximate surface area is 131 Å². The van der Waals surface area contributed by atoms with E-state index in [1.807, 2.05) is 0 Å². The summed E-state index contributed by atoms with van der Waals surface area (Å²) >= 11 is 0. The molecule has 22 heavy (non-hydrogen) atoms. The Bertz CT molecular complexity index is 725. The number of rotatable bonds is 7. The molecule has 3 N–H and O–H groups in total. The summed E-state index contributed by atoms with van der Waals surface area (Å²) in [5.74, 6) is 0.314. The average molecular weight is 347 g/mol. The first-order valence-corrected chi connectivity index (χ1v) is 9.88. The standard InChI is InChI=1S/C13H21N3O4S2/c1-15-21(17,18)11-5-7-12(8-6-11)22(19,20)16(2)13(9-14)10-3-4-10/h5-8,10,13,15H,3-4,9,14H2,1-2H3. The molecule has 0 heterocycles. The zero-order valence-electron chi connectivity index (χ0n) is 12.6. The van der Waals surface area contributed by atoms with Gasteiger partial charge in [0.25, 0.3) is 0 Å². The van der Waals surface area contributed by atoms with Gasteiger partial charge in [-0.3, -0.25) is 0 Å². The third-order valence-corrected chi connectivity index (χ3v) is 7.28. The van der Waals surface area contributed by atoms with E-state index < -0.39 is 20.0 Å². The van der Waals surface area contributed by atoms with E-state index >= 15 is 0 Å². The van der Waals surface area contributed by atoms with Crippen LogP contribution in [-0.4, -0.2) is 47.8 Å². The van der Waals surface area contributed by atoms with Gasteiger partial charge in [-0.25, -0.2) is 21.6 Å². The van der Waals surface area contributed by atoms with E-state index in [1.54, 1.807) is 0 Å². The smallest absolute Gasteiger partial charge is 0.243 e. The normalized spacial score (nSPS) is 17.6. The Balaban J connectivity index is 2.30. The molecule has 9 heteroatoms. The molecule has 124 valence electrons. The van der Waals surface area contributed by atoms with Crippen LogP contribution in [0, 0.1) is 5.92 Å². The average Bonchev–Trinajstić information content (AvgIpc) is 3.33. The van der Waals surface area contributed by atoms with Gasteiger partial charge in [0.05, 0.1) is 9.79 Å². The van der Waals surface area contributed by atoms with Crippen molar-refractivity contribution in [3.63, 3.8) is 0 Å². The lowest BCUT2D eigenvalue weighted by atomic mass is 10.2. The second-order valence-electron chi connectivity index (χ2n) is 5.34. The van der Waals surface area contributed by atoms with Crippen LogP contribution in [0.1, 0.15) is 12.8 Å². The van der Waals surface area contributed by atoms with Crippen LogP contribution in [0.4, 0.5) is 0 Å². The van der Waals surface area contributed by atoms with Gasteiger partial charge < -0.3 is 5.73 Å². The number of sulfonamides is 2. The zero-order chi connectivity index (χ0) is 16.5. The van der Waals surface area contributed by atoms with Crippen LogP contribution in [-0.2, 0) is 20.0 Å². The Kier molecular flexibility index (Phi) is 4.93. The molecule has 0 aromatic heterocycles. The number of nitrogens with one attached hydrogen (secondary N) is 1. The van der Waals surface area contributed by atoms with E-state index in [4.69, 9.17) is 5.73 Å². The first-order chi connectivity index (χ1) is 10.2. The minimum Gasteiger partial charge on any atom is -0.329 e. The molecule has 1 fully saturated rings. The number of hydrogen-bond acceptors (Lipinski definition) is 5. The third-order valence-electron chi connectivity index (χ3n) is 3.95. The highest BCUT2D eigenvalue weighted by Crippen LogP contribution is 2.36. The molecule has 0 bridgehead atoms. The molecular formula is C13H21N3O4S2. The highest BCUT2D eigenvalue weighted by Gasteiger charge is 2.38. The SMILES string of the molecule is CNS(=O)(=O)c1ccc(S(=O)(=O)N(C)C(CN)C2CC2)cc1. The van der Waals surface area contributed by atoms with Crippen molar-refractivity contribution in [1.82, 2.24) is 9.03 Å². The molecule has 7 nitrogen and oxygen atoms in total. The molecule has 1 aromatic carbocycles. The van der Waals surface area contributed by atoms with Gasteiger partial charge in [-0.1, -0.05) is 0 Å². The zero-order valence-corrected chi connectivity index (χ0v) is 14.2. The van der Waals surface area contributed by atoms with E-state index in [1.165, 1.54) is 42.7 Å². The summed E-state index contributed by atoms with van der Waals surface area (Å²) < 4.78 is 52.0. The molecule has 1 aliphatic rings. The molecule has 0 amide bonds. The quantitative estimate of drug-likeness (QED) is 0.719. The summed E-state index contributed by atoms with van der Waals surface area (Å²) in [6.07, 6.45) is 1.97. The third kappa shape index (κ3) is 3.33.